The molecule has 7 aromatic heterocycles. The van der Waals surface area contributed by atoms with Crippen LogP contribution in [0.4, 0.5) is 17.3 Å². The molecule has 378 valence electrons. The molecule has 0 fully saturated rings. The van der Waals surface area contributed by atoms with Crippen LogP contribution in [0.1, 0.15) is 33.8 Å². The fourth-order valence-corrected chi connectivity index (χ4v) is 10.3. The summed E-state index contributed by atoms with van der Waals surface area (Å²) in [6, 6.07) is 49.3. The number of allylic oxidation sites excluding steroid dienone is 2. The van der Waals surface area contributed by atoms with Gasteiger partial charge in [-0.05, 0) is 139 Å². The maximum atomic E-state index is 15.9. The zero-order valence-corrected chi connectivity index (χ0v) is 42.1. The standard InChI is InChI=1S/C61H43B2F4N9O2/c1-36-6-10-41(11-7-36)60-49-26-23-45(69-49)44-22-25-47(68-44)59(54-30-29-52(76(54)63(66)67)46-24-27-50(70-46)61(56-32-31-55(60)78-56)42-12-8-37(2)9-13-42)39-16-14-38(15-17-39)51-35-75(73-72-51)57-33-28-48(71-57)58(40-18-20-43(77-3)21-19-40)53-5-4-34-74(53)62(64)65/h4-35,69-70H,1-3H3/b45-44?,52-46?,58-48-,59-47?,59-54?,60-49?,60-55?,61-50?,61-56?. The average molecular weight is 1030 g/mol. The van der Waals surface area contributed by atoms with Crippen molar-refractivity contribution < 1.29 is 26.4 Å². The van der Waals surface area contributed by atoms with Gasteiger partial charge in [-0.3, -0.25) is 17.3 Å². The fraction of sp³-hybridized carbons (Fsp3) is 0.0492. The van der Waals surface area contributed by atoms with Crippen molar-refractivity contribution in [3.8, 4) is 50.4 Å². The Bertz CT molecular complexity index is 4440. The number of aromatic nitrogens is 8. The van der Waals surface area contributed by atoms with Crippen LogP contribution in [0.3, 0.4) is 0 Å². The van der Waals surface area contributed by atoms with E-state index < -0.39 is 14.8 Å². The number of fused-ring (bicyclic) bond motifs is 12. The zero-order valence-electron chi connectivity index (χ0n) is 42.1. The minimum atomic E-state index is -2.94. The lowest BCUT2D eigenvalue weighted by atomic mass is 9.99. The monoisotopic (exact) mass is 1030 g/mol. The second-order valence-electron chi connectivity index (χ2n) is 19.1. The van der Waals surface area contributed by atoms with Gasteiger partial charge in [0.15, 0.2) is 5.84 Å². The second-order valence-corrected chi connectivity index (χ2v) is 19.1. The maximum Gasteiger partial charge on any atom is 0.678 e. The highest BCUT2D eigenvalue weighted by Gasteiger charge is 2.27. The minimum Gasteiger partial charge on any atom is -0.497 e. The summed E-state index contributed by atoms with van der Waals surface area (Å²) in [6.45, 7) is 4.08. The SMILES string of the molecule is COc1ccc(/C(=C2\C=CC(n3cc(-c4ccc(-c5c6nc(c7ccc([nH]7)c(-c7ccc(C)cc7)c7ccc(o7)c(-c7ccc(C)cc7)c7ccc([nH]7)c7ccc5n7B(F)F)C=C6)cc4)nn3)=N2)c2cccn2B(F)F)cc1. The van der Waals surface area contributed by atoms with Crippen molar-refractivity contribution in [2.75, 3.05) is 7.11 Å². The Morgan fingerprint density at radius 2 is 1.15 bits per heavy atom. The van der Waals surface area contributed by atoms with Crippen molar-refractivity contribution in [2.24, 2.45) is 4.99 Å². The summed E-state index contributed by atoms with van der Waals surface area (Å²) in [5.74, 6) is 1.04. The van der Waals surface area contributed by atoms with Gasteiger partial charge in [-0.25, -0.2) is 14.7 Å². The zero-order chi connectivity index (χ0) is 53.2. The van der Waals surface area contributed by atoms with Crippen LogP contribution in [0, 0.1) is 13.8 Å². The lowest BCUT2D eigenvalue weighted by Gasteiger charge is -2.13. The number of nitrogens with one attached hydrogen (secondary N) is 2. The molecule has 0 amide bonds. The first-order chi connectivity index (χ1) is 38.0. The van der Waals surface area contributed by atoms with Crippen LogP contribution in [0.15, 0.2) is 197 Å². The van der Waals surface area contributed by atoms with Crippen LogP contribution in [-0.2, 0) is 0 Å². The van der Waals surface area contributed by atoms with E-state index >= 15 is 8.63 Å². The van der Waals surface area contributed by atoms with E-state index in [9.17, 15) is 8.63 Å². The number of benzene rings is 4. The molecule has 0 radical (unpaired) electrons. The molecule has 78 heavy (non-hydrogen) atoms. The second kappa shape index (κ2) is 19.4. The number of nitrogens with zero attached hydrogens (tertiary/aromatic N) is 7. The number of hydrogen-bond donors (Lipinski definition) is 2. The minimum absolute atomic E-state index is 0.255. The van der Waals surface area contributed by atoms with Crippen LogP contribution in [-0.4, -0.2) is 66.7 Å². The highest BCUT2D eigenvalue weighted by atomic mass is 19.2. The summed E-state index contributed by atoms with van der Waals surface area (Å²) in [4.78, 5) is 17.1. The Morgan fingerprint density at radius 1 is 0.564 bits per heavy atom. The Morgan fingerprint density at radius 3 is 1.81 bits per heavy atom. The predicted molar refractivity (Wildman–Crippen MR) is 304 cm³/mol. The van der Waals surface area contributed by atoms with Gasteiger partial charge in [0, 0.05) is 39.0 Å². The quantitative estimate of drug-likeness (QED) is 0.110. The van der Waals surface area contributed by atoms with Crippen molar-refractivity contribution in [1.29, 1.82) is 0 Å². The van der Waals surface area contributed by atoms with Gasteiger partial charge >= 0.3 is 14.8 Å². The molecule has 11 aromatic rings. The van der Waals surface area contributed by atoms with Crippen LogP contribution >= 0.6 is 0 Å². The number of methoxy groups -OCH3 is 1. The molecule has 11 nitrogen and oxygen atoms in total. The number of hydrogen-bond acceptors (Lipinski definition) is 6. The van der Waals surface area contributed by atoms with Crippen LogP contribution < -0.4 is 4.74 Å². The first kappa shape index (κ1) is 47.8. The molecule has 0 spiro atoms. The lowest BCUT2D eigenvalue weighted by Crippen LogP contribution is -2.15. The number of rotatable bonds is 9. The number of furan rings is 1. The Kier molecular flexibility index (Phi) is 11.9. The smallest absolute Gasteiger partial charge is 0.497 e. The Balaban J connectivity index is 0.959. The van der Waals surface area contributed by atoms with Crippen molar-refractivity contribution in [3.05, 3.63) is 222 Å². The summed E-state index contributed by atoms with van der Waals surface area (Å²) >= 11 is 0. The molecule has 0 saturated carbocycles. The Labute approximate surface area is 444 Å². The molecule has 0 aliphatic carbocycles. The number of H-pyrrole nitrogens is 2. The summed E-state index contributed by atoms with van der Waals surface area (Å²) < 4.78 is 76.0. The van der Waals surface area contributed by atoms with E-state index in [2.05, 4.69) is 51.5 Å². The van der Waals surface area contributed by atoms with Crippen LogP contribution in [0.2, 0.25) is 0 Å². The number of halogens is 4. The number of aliphatic imine (C=N–C) groups is 1. The van der Waals surface area contributed by atoms with E-state index in [1.807, 2.05) is 104 Å². The molecule has 9 heterocycles. The van der Waals surface area contributed by atoms with Gasteiger partial charge in [0.05, 0.1) is 58.0 Å². The average Bonchev–Trinajstić information content (AvgIpc) is 4.46. The summed E-state index contributed by atoms with van der Waals surface area (Å²) in [5, 5.41) is 8.89. The Hall–Kier alpha value is -9.89. The van der Waals surface area contributed by atoms with Gasteiger partial charge in [0.25, 0.3) is 0 Å². The van der Waals surface area contributed by atoms with Crippen LogP contribution in [0.25, 0.3) is 107 Å². The van der Waals surface area contributed by atoms with E-state index in [4.69, 9.17) is 19.1 Å². The van der Waals surface area contributed by atoms with E-state index in [0.29, 0.717) is 90.1 Å². The molecule has 17 heteroatoms. The fourth-order valence-electron chi connectivity index (χ4n) is 10.3. The maximum absolute atomic E-state index is 15.9. The van der Waals surface area contributed by atoms with Crippen molar-refractivity contribution in [3.63, 3.8) is 0 Å². The predicted octanol–water partition coefficient (Wildman–Crippen LogP) is 15.0. The summed E-state index contributed by atoms with van der Waals surface area (Å²) in [7, 11) is -4.16. The largest absolute Gasteiger partial charge is 0.678 e. The van der Waals surface area contributed by atoms with Gasteiger partial charge in [0.2, 0.25) is 0 Å². The van der Waals surface area contributed by atoms with Crippen molar-refractivity contribution in [1.82, 2.24) is 38.9 Å². The third-order valence-electron chi connectivity index (χ3n) is 14.2. The van der Waals surface area contributed by atoms with E-state index in [1.165, 1.54) is 10.9 Å². The normalized spacial score (nSPS) is 13.2. The highest BCUT2D eigenvalue weighted by Crippen LogP contribution is 2.39. The van der Waals surface area contributed by atoms with Crippen molar-refractivity contribution in [2.45, 2.75) is 13.8 Å². The first-order valence-corrected chi connectivity index (χ1v) is 25.1. The highest BCUT2D eigenvalue weighted by molar-refractivity contribution is 6.44. The van der Waals surface area contributed by atoms with E-state index in [1.54, 1.807) is 74.0 Å². The van der Waals surface area contributed by atoms with Gasteiger partial charge in [-0.1, -0.05) is 101 Å². The molecule has 13 rings (SSSR count). The molecule has 0 atom stereocenters. The van der Waals surface area contributed by atoms with Crippen LogP contribution in [0.5, 0.6) is 5.75 Å². The molecule has 2 N–H and O–H groups in total. The third-order valence-corrected chi connectivity index (χ3v) is 14.2. The first-order valence-electron chi connectivity index (χ1n) is 25.1. The molecule has 2 aliphatic rings. The molecule has 0 unspecified atom stereocenters. The molecule has 4 aromatic carbocycles. The summed E-state index contributed by atoms with van der Waals surface area (Å²) in [5.41, 5.74) is 15.5. The topological polar surface area (TPSA) is 120 Å². The number of aryl methyl sites for hydroxylation is 2. The van der Waals surface area contributed by atoms with Gasteiger partial charge in [0.1, 0.15) is 22.6 Å². The molecule has 10 bridgehead atoms. The summed E-state index contributed by atoms with van der Waals surface area (Å²) in [6.07, 6.45) is 10.3. The van der Waals surface area contributed by atoms with E-state index in [0.717, 1.165) is 53.4 Å². The molecular weight excluding hydrogens is 988 g/mol. The lowest BCUT2D eigenvalue weighted by molar-refractivity contribution is 0.415. The number of aromatic amines is 2. The van der Waals surface area contributed by atoms with Crippen molar-refractivity contribution >= 4 is 82.6 Å². The molecular formula is C61H43B2F4N9O2. The van der Waals surface area contributed by atoms with Gasteiger partial charge in [-0.15, -0.1) is 5.10 Å². The van der Waals surface area contributed by atoms with Gasteiger partial charge in [-0.2, -0.15) is 0 Å². The van der Waals surface area contributed by atoms with E-state index in [-0.39, 0.29) is 11.0 Å². The molecule has 2 aliphatic heterocycles. The molecule has 0 saturated heterocycles. The third kappa shape index (κ3) is 8.54. The van der Waals surface area contributed by atoms with Gasteiger partial charge < -0.3 is 28.1 Å². The number of ether oxygens (including phenoxy) is 1.